The van der Waals surface area contributed by atoms with Crippen molar-refractivity contribution in [2.24, 2.45) is 23.2 Å². The van der Waals surface area contributed by atoms with Gasteiger partial charge in [0, 0.05) is 25.2 Å². The largest absolute Gasteiger partial charge is 0.339 e. The summed E-state index contributed by atoms with van der Waals surface area (Å²) in [7, 11) is 0. The number of rotatable bonds is 1. The van der Waals surface area contributed by atoms with Crippen LogP contribution in [0.15, 0.2) is 0 Å². The Kier molecular flexibility index (Phi) is 2.93. The van der Waals surface area contributed by atoms with E-state index in [9.17, 15) is 4.79 Å². The van der Waals surface area contributed by atoms with Crippen LogP contribution >= 0.6 is 0 Å². The maximum absolute atomic E-state index is 13.2. The molecule has 1 heterocycles. The molecule has 5 fully saturated rings. The Morgan fingerprint density at radius 2 is 1.40 bits per heavy atom. The van der Waals surface area contributed by atoms with Gasteiger partial charge < -0.3 is 10.2 Å². The number of nitrogens with one attached hydrogen (secondary N) is 1. The van der Waals surface area contributed by atoms with Crippen LogP contribution in [0, 0.1) is 23.2 Å². The van der Waals surface area contributed by atoms with Crippen molar-refractivity contribution in [3.63, 3.8) is 0 Å². The summed E-state index contributed by atoms with van der Waals surface area (Å²) in [5, 5.41) is 3.54. The van der Waals surface area contributed by atoms with Gasteiger partial charge in [-0.1, -0.05) is 0 Å². The molecule has 112 valence electrons. The lowest BCUT2D eigenvalue weighted by molar-refractivity contribution is -0.159. The van der Waals surface area contributed by atoms with Crippen molar-refractivity contribution in [2.75, 3.05) is 13.1 Å². The predicted octanol–water partition coefficient (Wildman–Crippen LogP) is 2.41. The average molecular weight is 276 g/mol. The highest BCUT2D eigenvalue weighted by Gasteiger charge is 2.55. The summed E-state index contributed by atoms with van der Waals surface area (Å²) >= 11 is 0. The minimum absolute atomic E-state index is 0.0472. The van der Waals surface area contributed by atoms with Gasteiger partial charge in [0.15, 0.2) is 0 Å². The Bertz CT molecular complexity index is 374. The molecule has 4 saturated carbocycles. The first-order valence-corrected chi connectivity index (χ1v) is 8.59. The van der Waals surface area contributed by atoms with Gasteiger partial charge in [-0.2, -0.15) is 0 Å². The van der Waals surface area contributed by atoms with E-state index in [-0.39, 0.29) is 5.41 Å². The first-order chi connectivity index (χ1) is 9.54. The third-order valence-corrected chi connectivity index (χ3v) is 6.34. The lowest BCUT2D eigenvalue weighted by Gasteiger charge is -2.57. The van der Waals surface area contributed by atoms with Gasteiger partial charge in [0.2, 0.25) is 5.91 Å². The van der Waals surface area contributed by atoms with Crippen molar-refractivity contribution in [2.45, 2.75) is 64.5 Å². The SMILES string of the molecule is CC1CN(C(=O)C23CC4CC(CC(C4)C2)C3)CC(C)N1. The summed E-state index contributed by atoms with van der Waals surface area (Å²) in [6, 6.07) is 0.883. The Morgan fingerprint density at radius 1 is 0.950 bits per heavy atom. The molecular weight excluding hydrogens is 248 g/mol. The molecule has 0 aromatic rings. The van der Waals surface area contributed by atoms with Crippen LogP contribution in [0.1, 0.15) is 52.4 Å². The van der Waals surface area contributed by atoms with Gasteiger partial charge in [0.25, 0.3) is 0 Å². The number of piperazine rings is 1. The molecule has 0 radical (unpaired) electrons. The molecule has 1 saturated heterocycles. The molecule has 2 unspecified atom stereocenters. The smallest absolute Gasteiger partial charge is 0.228 e. The van der Waals surface area contributed by atoms with Gasteiger partial charge in [-0.15, -0.1) is 0 Å². The summed E-state index contributed by atoms with van der Waals surface area (Å²) in [4.78, 5) is 15.4. The van der Waals surface area contributed by atoms with Gasteiger partial charge in [-0.05, 0) is 70.1 Å². The summed E-state index contributed by atoms with van der Waals surface area (Å²) in [6.07, 6.45) is 7.85. The Hall–Kier alpha value is -0.570. The van der Waals surface area contributed by atoms with Crippen molar-refractivity contribution in [3.8, 4) is 0 Å². The molecule has 5 rings (SSSR count). The highest BCUT2D eigenvalue weighted by atomic mass is 16.2. The van der Waals surface area contributed by atoms with E-state index in [4.69, 9.17) is 0 Å². The minimum Gasteiger partial charge on any atom is -0.339 e. The van der Waals surface area contributed by atoms with Crippen LogP contribution in [0.4, 0.5) is 0 Å². The van der Waals surface area contributed by atoms with Crippen molar-refractivity contribution in [1.82, 2.24) is 10.2 Å². The fraction of sp³-hybridized carbons (Fsp3) is 0.941. The highest BCUT2D eigenvalue weighted by molar-refractivity contribution is 5.83. The maximum Gasteiger partial charge on any atom is 0.228 e. The molecule has 1 amide bonds. The van der Waals surface area contributed by atoms with Crippen LogP contribution in [0.5, 0.6) is 0 Å². The van der Waals surface area contributed by atoms with E-state index in [0.717, 1.165) is 30.8 Å². The molecule has 0 spiro atoms. The van der Waals surface area contributed by atoms with Crippen LogP contribution < -0.4 is 5.32 Å². The van der Waals surface area contributed by atoms with Crippen LogP contribution in [0.3, 0.4) is 0 Å². The van der Waals surface area contributed by atoms with E-state index in [1.54, 1.807) is 0 Å². The van der Waals surface area contributed by atoms with Crippen LogP contribution in [-0.4, -0.2) is 36.0 Å². The van der Waals surface area contributed by atoms with Crippen molar-refractivity contribution < 1.29 is 4.79 Å². The zero-order valence-electron chi connectivity index (χ0n) is 12.9. The van der Waals surface area contributed by atoms with E-state index >= 15 is 0 Å². The highest BCUT2D eigenvalue weighted by Crippen LogP contribution is 2.60. The molecule has 1 N–H and O–H groups in total. The number of carbonyl (C=O) groups excluding carboxylic acids is 1. The second kappa shape index (κ2) is 4.46. The summed E-state index contributed by atoms with van der Waals surface area (Å²) in [5.74, 6) is 3.10. The second-order valence-corrected chi connectivity index (χ2v) is 8.38. The molecule has 20 heavy (non-hydrogen) atoms. The molecular formula is C17H28N2O. The van der Waals surface area contributed by atoms with Gasteiger partial charge in [-0.25, -0.2) is 0 Å². The van der Waals surface area contributed by atoms with Crippen LogP contribution in [0.25, 0.3) is 0 Å². The summed E-state index contributed by atoms with van der Waals surface area (Å²) in [6.45, 7) is 6.22. The lowest BCUT2D eigenvalue weighted by Crippen LogP contribution is -2.61. The van der Waals surface area contributed by atoms with Crippen molar-refractivity contribution in [1.29, 1.82) is 0 Å². The number of nitrogens with zero attached hydrogens (tertiary/aromatic N) is 1. The normalized spacial score (nSPS) is 50.5. The number of hydrogen-bond acceptors (Lipinski definition) is 2. The predicted molar refractivity (Wildman–Crippen MR) is 79.2 cm³/mol. The fourth-order valence-corrected chi connectivity index (χ4v) is 6.20. The van der Waals surface area contributed by atoms with Crippen molar-refractivity contribution >= 4 is 5.91 Å². The van der Waals surface area contributed by atoms with E-state index in [2.05, 4.69) is 24.1 Å². The van der Waals surface area contributed by atoms with Gasteiger partial charge in [0.05, 0.1) is 5.41 Å². The lowest BCUT2D eigenvalue weighted by atomic mass is 9.49. The molecule has 0 aromatic heterocycles. The van der Waals surface area contributed by atoms with Gasteiger partial charge in [-0.3, -0.25) is 4.79 Å². The molecule has 3 heteroatoms. The van der Waals surface area contributed by atoms with Crippen LogP contribution in [0.2, 0.25) is 0 Å². The monoisotopic (exact) mass is 276 g/mol. The number of amides is 1. The summed E-state index contributed by atoms with van der Waals surface area (Å²) in [5.41, 5.74) is 0.0472. The molecule has 4 bridgehead atoms. The van der Waals surface area contributed by atoms with E-state index in [1.807, 2.05) is 0 Å². The Labute approximate surface area is 122 Å². The first-order valence-electron chi connectivity index (χ1n) is 8.59. The fourth-order valence-electron chi connectivity index (χ4n) is 6.20. The van der Waals surface area contributed by atoms with E-state index < -0.39 is 0 Å². The Morgan fingerprint density at radius 3 is 1.85 bits per heavy atom. The van der Waals surface area contributed by atoms with E-state index in [1.165, 1.54) is 38.5 Å². The quantitative estimate of drug-likeness (QED) is 0.797. The molecule has 2 atom stereocenters. The van der Waals surface area contributed by atoms with Gasteiger partial charge in [0.1, 0.15) is 0 Å². The maximum atomic E-state index is 13.2. The third-order valence-electron chi connectivity index (χ3n) is 6.34. The molecule has 0 aromatic carbocycles. The molecule has 1 aliphatic heterocycles. The van der Waals surface area contributed by atoms with Gasteiger partial charge >= 0.3 is 0 Å². The Balaban J connectivity index is 1.56. The minimum atomic E-state index is 0.0472. The molecule has 5 aliphatic rings. The summed E-state index contributed by atoms with van der Waals surface area (Å²) < 4.78 is 0. The first kappa shape index (κ1) is 13.1. The molecule has 3 nitrogen and oxygen atoms in total. The number of carbonyl (C=O) groups is 1. The van der Waals surface area contributed by atoms with Crippen LogP contribution in [-0.2, 0) is 4.79 Å². The van der Waals surface area contributed by atoms with E-state index in [0.29, 0.717) is 18.0 Å². The zero-order valence-corrected chi connectivity index (χ0v) is 12.9. The van der Waals surface area contributed by atoms with Crippen molar-refractivity contribution in [3.05, 3.63) is 0 Å². The standard InChI is InChI=1S/C17H28N2O/c1-11-9-19(10-12(2)18-11)16(20)17-6-13-3-14(7-17)5-15(4-13)8-17/h11-15,18H,3-10H2,1-2H3. The zero-order chi connectivity index (χ0) is 13.9. The number of hydrogen-bond donors (Lipinski definition) is 1. The third kappa shape index (κ3) is 2.01. The second-order valence-electron chi connectivity index (χ2n) is 8.38. The average Bonchev–Trinajstić information content (AvgIpc) is 2.35. The molecule has 4 aliphatic carbocycles. The topological polar surface area (TPSA) is 32.3 Å².